The summed E-state index contributed by atoms with van der Waals surface area (Å²) in [5, 5.41) is 0. The molecule has 0 bridgehead atoms. The van der Waals surface area contributed by atoms with Crippen LogP contribution in [-0.2, 0) is 0 Å². The van der Waals surface area contributed by atoms with E-state index in [1.807, 2.05) is 7.05 Å². The van der Waals surface area contributed by atoms with Crippen LogP contribution in [0.1, 0.15) is 19.8 Å². The van der Waals surface area contributed by atoms with Gasteiger partial charge in [0.2, 0.25) is 0 Å². The van der Waals surface area contributed by atoms with Gasteiger partial charge in [0.25, 0.3) is 5.56 Å². The van der Waals surface area contributed by atoms with E-state index in [0.29, 0.717) is 10.5 Å². The summed E-state index contributed by atoms with van der Waals surface area (Å²) in [6.45, 7) is 2.17. The fourth-order valence-electron chi connectivity index (χ4n) is 1.71. The third-order valence-corrected chi connectivity index (χ3v) is 3.74. The fraction of sp³-hybridized carbons (Fsp3) is 0.600. The molecule has 1 unspecified atom stereocenters. The van der Waals surface area contributed by atoms with Crippen LogP contribution in [0.15, 0.2) is 15.6 Å². The average Bonchev–Trinajstić information content (AvgIpc) is 3.03. The van der Waals surface area contributed by atoms with E-state index in [0.717, 1.165) is 11.7 Å². The topological polar surface area (TPSA) is 49.0 Å². The van der Waals surface area contributed by atoms with Gasteiger partial charge in [0.15, 0.2) is 0 Å². The Morgan fingerprint density at radius 2 is 2.33 bits per heavy atom. The Labute approximate surface area is 96.8 Å². The summed E-state index contributed by atoms with van der Waals surface area (Å²) in [7, 11) is 1.98. The second-order valence-corrected chi connectivity index (χ2v) is 4.85. The van der Waals surface area contributed by atoms with Crippen LogP contribution >= 0.6 is 15.9 Å². The predicted molar refractivity (Wildman–Crippen MR) is 63.1 cm³/mol. The van der Waals surface area contributed by atoms with Crippen LogP contribution in [0.25, 0.3) is 0 Å². The third-order valence-electron chi connectivity index (χ3n) is 3.03. The van der Waals surface area contributed by atoms with Gasteiger partial charge < -0.3 is 9.88 Å². The van der Waals surface area contributed by atoms with Crippen LogP contribution < -0.4 is 10.5 Å². The van der Waals surface area contributed by atoms with E-state index in [2.05, 4.69) is 37.7 Å². The third kappa shape index (κ3) is 2.07. The number of halogens is 1. The zero-order valence-electron chi connectivity index (χ0n) is 8.83. The maximum Gasteiger partial charge on any atom is 0.267 e. The number of H-pyrrole nitrogens is 1. The average molecular weight is 272 g/mol. The summed E-state index contributed by atoms with van der Waals surface area (Å²) in [6, 6.07) is 0.440. The van der Waals surface area contributed by atoms with Crippen molar-refractivity contribution in [3.8, 4) is 0 Å². The minimum absolute atomic E-state index is 0.130. The minimum atomic E-state index is -0.130. The maximum atomic E-state index is 11.4. The van der Waals surface area contributed by atoms with Crippen molar-refractivity contribution in [2.24, 2.45) is 5.92 Å². The molecule has 0 spiro atoms. The van der Waals surface area contributed by atoms with Gasteiger partial charge in [0.1, 0.15) is 10.3 Å². The molecule has 0 aliphatic heterocycles. The van der Waals surface area contributed by atoms with E-state index in [-0.39, 0.29) is 5.56 Å². The molecule has 0 saturated heterocycles. The van der Waals surface area contributed by atoms with Gasteiger partial charge in [-0.25, -0.2) is 4.98 Å². The highest BCUT2D eigenvalue weighted by atomic mass is 79.9. The summed E-state index contributed by atoms with van der Waals surface area (Å²) < 4.78 is 0.514. The van der Waals surface area contributed by atoms with Crippen molar-refractivity contribution in [1.29, 1.82) is 0 Å². The highest BCUT2D eigenvalue weighted by molar-refractivity contribution is 9.10. The molecule has 1 fully saturated rings. The lowest BCUT2D eigenvalue weighted by Gasteiger charge is -2.26. The lowest BCUT2D eigenvalue weighted by atomic mass is 10.2. The highest BCUT2D eigenvalue weighted by Gasteiger charge is 2.31. The van der Waals surface area contributed by atoms with Crippen LogP contribution in [0.3, 0.4) is 0 Å². The molecule has 1 aliphatic carbocycles. The minimum Gasteiger partial charge on any atom is -0.356 e. The second kappa shape index (κ2) is 3.96. The van der Waals surface area contributed by atoms with Crippen LogP contribution in [-0.4, -0.2) is 23.1 Å². The van der Waals surface area contributed by atoms with Gasteiger partial charge in [-0.1, -0.05) is 0 Å². The van der Waals surface area contributed by atoms with Crippen molar-refractivity contribution in [1.82, 2.24) is 9.97 Å². The Kier molecular flexibility index (Phi) is 2.82. The molecular formula is C10H14BrN3O. The van der Waals surface area contributed by atoms with Crippen LogP contribution in [0.4, 0.5) is 5.82 Å². The molecule has 15 heavy (non-hydrogen) atoms. The summed E-state index contributed by atoms with van der Waals surface area (Å²) in [5.74, 6) is 1.47. The Morgan fingerprint density at radius 3 is 2.93 bits per heavy atom. The summed E-state index contributed by atoms with van der Waals surface area (Å²) in [4.78, 5) is 20.2. The standard InChI is InChI=1S/C10H14BrN3O/c1-6(7-3-4-7)14(2)9-8(11)10(15)13-5-12-9/h5-7H,3-4H2,1-2H3,(H,12,13,15). The van der Waals surface area contributed by atoms with Crippen molar-refractivity contribution in [3.05, 3.63) is 21.2 Å². The van der Waals surface area contributed by atoms with E-state index in [4.69, 9.17) is 0 Å². The molecule has 1 N–H and O–H groups in total. The van der Waals surface area contributed by atoms with Crippen molar-refractivity contribution in [2.45, 2.75) is 25.8 Å². The molecule has 1 heterocycles. The van der Waals surface area contributed by atoms with Crippen LogP contribution in [0.2, 0.25) is 0 Å². The molecule has 0 aromatic carbocycles. The van der Waals surface area contributed by atoms with Crippen LogP contribution in [0, 0.1) is 5.92 Å². The first kappa shape index (κ1) is 10.7. The molecule has 1 aliphatic rings. The molecule has 1 atom stereocenters. The molecule has 5 heteroatoms. The number of nitrogens with one attached hydrogen (secondary N) is 1. The van der Waals surface area contributed by atoms with E-state index in [1.54, 1.807) is 0 Å². The smallest absolute Gasteiger partial charge is 0.267 e. The monoisotopic (exact) mass is 271 g/mol. The quantitative estimate of drug-likeness (QED) is 0.912. The Morgan fingerprint density at radius 1 is 1.67 bits per heavy atom. The van der Waals surface area contributed by atoms with Gasteiger partial charge in [-0.2, -0.15) is 0 Å². The Balaban J connectivity index is 2.27. The number of hydrogen-bond acceptors (Lipinski definition) is 3. The van der Waals surface area contributed by atoms with Crippen molar-refractivity contribution >= 4 is 21.7 Å². The van der Waals surface area contributed by atoms with Crippen molar-refractivity contribution < 1.29 is 0 Å². The van der Waals surface area contributed by atoms with Gasteiger partial charge >= 0.3 is 0 Å². The van der Waals surface area contributed by atoms with E-state index in [9.17, 15) is 4.79 Å². The lowest BCUT2D eigenvalue weighted by molar-refractivity contribution is 0.602. The lowest BCUT2D eigenvalue weighted by Crippen LogP contribution is -2.32. The molecule has 1 aromatic rings. The Hall–Kier alpha value is -0.840. The SMILES string of the molecule is CC(C1CC1)N(C)c1nc[nH]c(=O)c1Br. The maximum absolute atomic E-state index is 11.4. The van der Waals surface area contributed by atoms with Gasteiger partial charge in [-0.15, -0.1) is 0 Å². The van der Waals surface area contributed by atoms with E-state index < -0.39 is 0 Å². The first-order chi connectivity index (χ1) is 7.11. The first-order valence-electron chi connectivity index (χ1n) is 5.07. The van der Waals surface area contributed by atoms with Crippen molar-refractivity contribution in [3.63, 3.8) is 0 Å². The van der Waals surface area contributed by atoms with Gasteiger partial charge in [0.05, 0.1) is 6.33 Å². The number of aromatic amines is 1. The molecule has 4 nitrogen and oxygen atoms in total. The largest absolute Gasteiger partial charge is 0.356 e. The number of hydrogen-bond donors (Lipinski definition) is 1. The van der Waals surface area contributed by atoms with Crippen LogP contribution in [0.5, 0.6) is 0 Å². The van der Waals surface area contributed by atoms with Gasteiger partial charge in [-0.3, -0.25) is 4.79 Å². The second-order valence-electron chi connectivity index (χ2n) is 4.06. The number of nitrogens with zero attached hydrogens (tertiary/aromatic N) is 2. The molecule has 1 saturated carbocycles. The summed E-state index contributed by atoms with van der Waals surface area (Å²) in [5.41, 5.74) is -0.130. The van der Waals surface area contributed by atoms with E-state index >= 15 is 0 Å². The van der Waals surface area contributed by atoms with Gasteiger partial charge in [-0.05, 0) is 41.6 Å². The fourth-order valence-corrected chi connectivity index (χ4v) is 2.20. The summed E-state index contributed by atoms with van der Waals surface area (Å²) in [6.07, 6.45) is 4.01. The molecular weight excluding hydrogens is 258 g/mol. The molecule has 82 valence electrons. The molecule has 0 radical (unpaired) electrons. The zero-order valence-corrected chi connectivity index (χ0v) is 10.4. The van der Waals surface area contributed by atoms with E-state index in [1.165, 1.54) is 19.2 Å². The number of anilines is 1. The Bertz CT molecular complexity index is 413. The molecule has 0 amide bonds. The highest BCUT2D eigenvalue weighted by Crippen LogP contribution is 2.36. The number of rotatable bonds is 3. The first-order valence-corrected chi connectivity index (χ1v) is 5.86. The van der Waals surface area contributed by atoms with Gasteiger partial charge in [0, 0.05) is 13.1 Å². The van der Waals surface area contributed by atoms with Crippen molar-refractivity contribution in [2.75, 3.05) is 11.9 Å². The number of aromatic nitrogens is 2. The normalized spacial score (nSPS) is 17.5. The zero-order chi connectivity index (χ0) is 11.0. The summed E-state index contributed by atoms with van der Waals surface area (Å²) >= 11 is 3.27. The predicted octanol–water partition coefficient (Wildman–Crippen LogP) is 1.77. The molecule has 1 aromatic heterocycles. The molecule has 2 rings (SSSR count).